The smallest absolute Gasteiger partial charge is 0.252 e. The summed E-state index contributed by atoms with van der Waals surface area (Å²) in [5, 5.41) is 12.9. The number of amides is 1. The number of carbonyl (C=O) groups is 1. The first kappa shape index (κ1) is 23.6. The lowest BCUT2D eigenvalue weighted by molar-refractivity contribution is 0.0952. The summed E-state index contributed by atoms with van der Waals surface area (Å²) in [4.78, 5) is 21.7. The Morgan fingerprint density at radius 2 is 2.06 bits per heavy atom. The number of aromatic nitrogens is 4. The van der Waals surface area contributed by atoms with Gasteiger partial charge in [-0.1, -0.05) is 41.9 Å². The highest BCUT2D eigenvalue weighted by Crippen LogP contribution is 2.24. The molecule has 2 heterocycles. The fourth-order valence-electron chi connectivity index (χ4n) is 2.86. The van der Waals surface area contributed by atoms with Crippen LogP contribution in [0.15, 0.2) is 29.6 Å². The van der Waals surface area contributed by atoms with Gasteiger partial charge in [-0.05, 0) is 30.9 Å². The van der Waals surface area contributed by atoms with Crippen LogP contribution >= 0.6 is 35.0 Å². The summed E-state index contributed by atoms with van der Waals surface area (Å²) in [5.41, 5.74) is 1.09. The van der Waals surface area contributed by atoms with E-state index < -0.39 is 0 Å². The summed E-state index contributed by atoms with van der Waals surface area (Å²) in [6.45, 7) is 6.72. The maximum Gasteiger partial charge on any atom is 0.252 e. The fraction of sp³-hybridized carbons (Fsp3) is 0.400. The number of rotatable bonds is 11. The number of thioether (sulfide) groups is 1. The lowest BCUT2D eigenvalue weighted by Crippen LogP contribution is -2.27. The van der Waals surface area contributed by atoms with Crippen molar-refractivity contribution in [1.29, 1.82) is 0 Å². The van der Waals surface area contributed by atoms with Gasteiger partial charge in [0.25, 0.3) is 5.91 Å². The summed E-state index contributed by atoms with van der Waals surface area (Å²) in [7, 11) is 0. The fourth-order valence-corrected chi connectivity index (χ4v) is 3.92. The topological polar surface area (TPSA) is 94.0 Å². The summed E-state index contributed by atoms with van der Waals surface area (Å²) >= 11 is 13.6. The molecule has 2 aromatic heterocycles. The van der Waals surface area contributed by atoms with E-state index in [1.807, 2.05) is 6.92 Å². The Morgan fingerprint density at radius 1 is 1.23 bits per heavy atom. The largest absolute Gasteiger partial charge is 0.380 e. The Hall–Kier alpha value is -2.07. The Bertz CT molecular complexity index is 1050. The molecule has 1 aromatic carbocycles. The molecule has 0 aliphatic carbocycles. The number of fused-ring (bicyclic) bond motifs is 1. The maximum atomic E-state index is 12.4. The molecule has 166 valence electrons. The first-order valence-electron chi connectivity index (χ1n) is 9.94. The van der Waals surface area contributed by atoms with Gasteiger partial charge in [0.15, 0.2) is 10.8 Å². The highest BCUT2D eigenvalue weighted by molar-refractivity contribution is 7.99. The second-order valence-corrected chi connectivity index (χ2v) is 8.47. The molecule has 0 fully saturated rings. The molecule has 11 heteroatoms. The van der Waals surface area contributed by atoms with Crippen LogP contribution in [-0.4, -0.2) is 57.7 Å². The zero-order valence-electron chi connectivity index (χ0n) is 17.3. The maximum absolute atomic E-state index is 12.4. The molecular formula is C20H24Cl2N6O2S. The molecule has 31 heavy (non-hydrogen) atoms. The minimum absolute atomic E-state index is 0.270. The van der Waals surface area contributed by atoms with Crippen LogP contribution in [-0.2, 0) is 11.3 Å². The molecule has 3 aromatic rings. The van der Waals surface area contributed by atoms with E-state index in [1.54, 1.807) is 40.8 Å². The summed E-state index contributed by atoms with van der Waals surface area (Å²) < 4.78 is 7.15. The Morgan fingerprint density at radius 3 is 2.81 bits per heavy atom. The number of halogens is 2. The lowest BCUT2D eigenvalue weighted by atomic mass is 10.2. The van der Waals surface area contributed by atoms with E-state index in [0.29, 0.717) is 59.3 Å². The molecule has 0 saturated carbocycles. The van der Waals surface area contributed by atoms with Gasteiger partial charge in [-0.2, -0.15) is 5.10 Å². The highest BCUT2D eigenvalue weighted by atomic mass is 35.5. The summed E-state index contributed by atoms with van der Waals surface area (Å²) in [6, 6.07) is 4.78. The zero-order chi connectivity index (χ0) is 22.2. The second-order valence-electron chi connectivity index (χ2n) is 6.40. The molecule has 0 bridgehead atoms. The van der Waals surface area contributed by atoms with Gasteiger partial charge >= 0.3 is 0 Å². The second kappa shape index (κ2) is 11.5. The van der Waals surface area contributed by atoms with Gasteiger partial charge in [-0.25, -0.2) is 14.6 Å². The lowest BCUT2D eigenvalue weighted by Gasteiger charge is -2.10. The van der Waals surface area contributed by atoms with E-state index in [1.165, 1.54) is 0 Å². The Kier molecular flexibility index (Phi) is 8.77. The molecule has 2 N–H and O–H groups in total. The first-order chi connectivity index (χ1) is 15.0. The number of hydrogen-bond acceptors (Lipinski definition) is 7. The van der Waals surface area contributed by atoms with Gasteiger partial charge in [0.2, 0.25) is 0 Å². The van der Waals surface area contributed by atoms with Gasteiger partial charge in [-0.3, -0.25) is 4.79 Å². The van der Waals surface area contributed by atoms with Crippen molar-refractivity contribution in [2.75, 3.05) is 37.4 Å². The van der Waals surface area contributed by atoms with E-state index >= 15 is 0 Å². The van der Waals surface area contributed by atoms with Crippen molar-refractivity contribution in [1.82, 2.24) is 25.1 Å². The molecular weight excluding hydrogens is 459 g/mol. The van der Waals surface area contributed by atoms with Crippen molar-refractivity contribution in [2.45, 2.75) is 25.5 Å². The third kappa shape index (κ3) is 6.22. The van der Waals surface area contributed by atoms with E-state index in [4.69, 9.17) is 27.9 Å². The third-order valence-electron chi connectivity index (χ3n) is 4.28. The van der Waals surface area contributed by atoms with Gasteiger partial charge < -0.3 is 15.4 Å². The summed E-state index contributed by atoms with van der Waals surface area (Å²) in [5.74, 6) is 1.31. The monoisotopic (exact) mass is 482 g/mol. The standard InChI is InChI=1S/C20H24Cl2N6O2S/c1-3-30-10-8-23-17-15-12-25-28(18(15)27-20(26-17)31-4-2)9-7-24-19(29)14-6-5-13(21)11-16(14)22/h5-6,11-12H,3-4,7-10H2,1-2H3,(H,24,29)(H,23,26,27). The number of nitrogens with zero attached hydrogens (tertiary/aromatic N) is 4. The van der Waals surface area contributed by atoms with Crippen LogP contribution in [0.25, 0.3) is 11.0 Å². The van der Waals surface area contributed by atoms with Crippen molar-refractivity contribution < 1.29 is 9.53 Å². The van der Waals surface area contributed by atoms with E-state index in [2.05, 4.69) is 32.6 Å². The molecule has 0 aliphatic heterocycles. The number of carbonyl (C=O) groups excluding carboxylic acids is 1. The van der Waals surface area contributed by atoms with Gasteiger partial charge in [0.1, 0.15) is 5.82 Å². The van der Waals surface area contributed by atoms with Crippen LogP contribution in [0.5, 0.6) is 0 Å². The van der Waals surface area contributed by atoms with Crippen LogP contribution in [0.2, 0.25) is 10.0 Å². The van der Waals surface area contributed by atoms with Gasteiger partial charge in [0.05, 0.1) is 35.3 Å². The first-order valence-corrected chi connectivity index (χ1v) is 11.7. The Labute approximate surface area is 195 Å². The average molecular weight is 483 g/mol. The average Bonchev–Trinajstić information content (AvgIpc) is 3.14. The predicted molar refractivity (Wildman–Crippen MR) is 125 cm³/mol. The van der Waals surface area contributed by atoms with Crippen LogP contribution in [0.1, 0.15) is 24.2 Å². The molecule has 0 spiro atoms. The van der Waals surface area contributed by atoms with Crippen molar-refractivity contribution >= 4 is 57.7 Å². The molecule has 0 saturated heterocycles. The molecule has 0 unspecified atom stereocenters. The van der Waals surface area contributed by atoms with Gasteiger partial charge in [0, 0.05) is 24.7 Å². The van der Waals surface area contributed by atoms with Crippen LogP contribution < -0.4 is 10.6 Å². The minimum atomic E-state index is -0.270. The van der Waals surface area contributed by atoms with Crippen LogP contribution in [0, 0.1) is 0 Å². The quantitative estimate of drug-likeness (QED) is 0.241. The SMILES string of the molecule is CCOCCNc1nc(SCC)nc2c1cnn2CCNC(=O)c1ccc(Cl)cc1Cl. The van der Waals surface area contributed by atoms with E-state index in [9.17, 15) is 4.79 Å². The minimum Gasteiger partial charge on any atom is -0.380 e. The molecule has 3 rings (SSSR count). The molecule has 0 aliphatic rings. The molecule has 1 amide bonds. The number of nitrogens with one attached hydrogen (secondary N) is 2. The van der Waals surface area contributed by atoms with E-state index in [-0.39, 0.29) is 5.91 Å². The zero-order valence-corrected chi connectivity index (χ0v) is 19.6. The molecule has 0 radical (unpaired) electrons. The predicted octanol–water partition coefficient (Wildman–Crippen LogP) is 4.12. The Balaban J connectivity index is 1.71. The molecule has 0 atom stereocenters. The summed E-state index contributed by atoms with van der Waals surface area (Å²) in [6.07, 6.45) is 1.73. The normalized spacial score (nSPS) is 11.1. The number of benzene rings is 1. The van der Waals surface area contributed by atoms with Crippen molar-refractivity contribution in [2.24, 2.45) is 0 Å². The van der Waals surface area contributed by atoms with E-state index in [0.717, 1.165) is 17.0 Å². The van der Waals surface area contributed by atoms with Crippen molar-refractivity contribution in [3.63, 3.8) is 0 Å². The van der Waals surface area contributed by atoms with Crippen molar-refractivity contribution in [3.8, 4) is 0 Å². The van der Waals surface area contributed by atoms with Gasteiger partial charge in [-0.15, -0.1) is 0 Å². The molecule has 8 nitrogen and oxygen atoms in total. The highest BCUT2D eigenvalue weighted by Gasteiger charge is 2.14. The number of ether oxygens (including phenoxy) is 1. The number of hydrogen-bond donors (Lipinski definition) is 2. The number of anilines is 1. The van der Waals surface area contributed by atoms with Crippen molar-refractivity contribution in [3.05, 3.63) is 40.0 Å². The van der Waals surface area contributed by atoms with Crippen LogP contribution in [0.3, 0.4) is 0 Å². The van der Waals surface area contributed by atoms with Crippen LogP contribution in [0.4, 0.5) is 5.82 Å². The third-order valence-corrected chi connectivity index (χ3v) is 5.55.